The fourth-order valence-corrected chi connectivity index (χ4v) is 12.9. The maximum absolute atomic E-state index is 2.57. The molecule has 0 aliphatic rings. The third-order valence-corrected chi connectivity index (χ3v) is 15.0. The van der Waals surface area contributed by atoms with Crippen molar-refractivity contribution in [2.75, 3.05) is 0 Å². The van der Waals surface area contributed by atoms with Gasteiger partial charge in [0.1, 0.15) is 0 Å². The summed E-state index contributed by atoms with van der Waals surface area (Å²) in [6.45, 7) is 0. The van der Waals surface area contributed by atoms with E-state index in [4.69, 9.17) is 0 Å². The van der Waals surface area contributed by atoms with Gasteiger partial charge in [-0.2, -0.15) is 0 Å². The molecule has 0 aliphatic carbocycles. The van der Waals surface area contributed by atoms with Crippen molar-refractivity contribution >= 4 is 139 Å². The van der Waals surface area contributed by atoms with Crippen molar-refractivity contribution < 1.29 is 0 Å². The molecular formula is C54H30N2S2. The molecule has 2 nitrogen and oxygen atoms in total. The topological polar surface area (TPSA) is 9.86 Å². The largest absolute Gasteiger partial charge is 0.307 e. The minimum atomic E-state index is 1.19. The average Bonchev–Trinajstić information content (AvgIpc) is 4.04. The number of benzene rings is 10. The van der Waals surface area contributed by atoms with Crippen LogP contribution in [0.25, 0.3) is 128 Å². The van der Waals surface area contributed by atoms with Gasteiger partial charge in [0.15, 0.2) is 0 Å². The van der Waals surface area contributed by atoms with Gasteiger partial charge >= 0.3 is 0 Å². The molecule has 14 rings (SSSR count). The van der Waals surface area contributed by atoms with Crippen molar-refractivity contribution in [1.29, 1.82) is 0 Å². The van der Waals surface area contributed by atoms with Gasteiger partial charge in [0.2, 0.25) is 0 Å². The summed E-state index contributed by atoms with van der Waals surface area (Å²) >= 11 is 3.84. The lowest BCUT2D eigenvalue weighted by molar-refractivity contribution is 1.19. The minimum Gasteiger partial charge on any atom is -0.307 e. The Hall–Kier alpha value is -6.98. The molecule has 4 heterocycles. The third kappa shape index (κ3) is 3.86. The smallest absolute Gasteiger partial charge is 0.0726 e. The van der Waals surface area contributed by atoms with Crippen molar-refractivity contribution in [2.45, 2.75) is 0 Å². The van der Waals surface area contributed by atoms with Crippen LogP contribution in [0.1, 0.15) is 0 Å². The molecule has 268 valence electrons. The summed E-state index contributed by atoms with van der Waals surface area (Å²) < 4.78 is 10.5. The summed E-state index contributed by atoms with van der Waals surface area (Å²) in [6.07, 6.45) is 0. The van der Waals surface area contributed by atoms with Gasteiger partial charge in [-0.25, -0.2) is 0 Å². The van der Waals surface area contributed by atoms with Gasteiger partial charge < -0.3 is 9.13 Å². The van der Waals surface area contributed by atoms with E-state index >= 15 is 0 Å². The van der Waals surface area contributed by atoms with Crippen LogP contribution in [0.15, 0.2) is 182 Å². The first-order valence-electron chi connectivity index (χ1n) is 19.9. The number of hydrogen-bond acceptors (Lipinski definition) is 2. The van der Waals surface area contributed by atoms with Crippen LogP contribution in [0.2, 0.25) is 0 Å². The van der Waals surface area contributed by atoms with Gasteiger partial charge in [0, 0.05) is 63.3 Å². The quantitative estimate of drug-likeness (QED) is 0.166. The molecule has 0 N–H and O–H groups in total. The van der Waals surface area contributed by atoms with E-state index in [0.29, 0.717) is 0 Å². The summed E-state index contributed by atoms with van der Waals surface area (Å²) in [7, 11) is 0. The van der Waals surface area contributed by atoms with Crippen LogP contribution in [-0.2, 0) is 0 Å². The Morgan fingerprint density at radius 1 is 0.259 bits per heavy atom. The molecule has 0 aliphatic heterocycles. The maximum Gasteiger partial charge on any atom is 0.0726 e. The Balaban J connectivity index is 1.16. The standard InChI is InChI=1S/C54H30N2S2/c1-3-17-35-33(15-1)47-37-19-5-9-25-43(37)55(51(47)53-49(35)39-21-7-11-29-45(39)57-53)41-27-13-24-32-31(41)23-14-28-42(32)56-44-26-10-6-20-38(44)48-34-16-2-4-18-36(34)50-40-22-8-12-30-46(40)58-54(50)52(48)56/h1-30H. The van der Waals surface area contributed by atoms with Crippen LogP contribution < -0.4 is 0 Å². The Morgan fingerprint density at radius 2 is 0.586 bits per heavy atom. The van der Waals surface area contributed by atoms with Crippen molar-refractivity contribution in [3.8, 4) is 11.4 Å². The summed E-state index contributed by atoms with van der Waals surface area (Å²) in [5.74, 6) is 0. The molecule has 0 bridgehead atoms. The fraction of sp³-hybridized carbons (Fsp3) is 0. The van der Waals surface area contributed by atoms with Crippen molar-refractivity contribution in [3.63, 3.8) is 0 Å². The van der Waals surface area contributed by atoms with E-state index in [9.17, 15) is 0 Å². The zero-order valence-electron chi connectivity index (χ0n) is 31.0. The van der Waals surface area contributed by atoms with Gasteiger partial charge in [0.05, 0.1) is 42.8 Å². The fourth-order valence-electron chi connectivity index (χ4n) is 10.4. The first-order chi connectivity index (χ1) is 28.8. The highest BCUT2D eigenvalue weighted by Crippen LogP contribution is 2.50. The van der Waals surface area contributed by atoms with Gasteiger partial charge in [-0.05, 0) is 57.9 Å². The normalized spacial score (nSPS) is 12.5. The molecule has 0 atom stereocenters. The predicted octanol–water partition coefficient (Wildman–Crippen LogP) is 16.1. The molecule has 0 fully saturated rings. The van der Waals surface area contributed by atoms with E-state index in [0.717, 1.165) is 0 Å². The molecule has 14 aromatic rings. The highest BCUT2D eigenvalue weighted by atomic mass is 32.1. The minimum absolute atomic E-state index is 1.19. The van der Waals surface area contributed by atoms with E-state index in [1.165, 1.54) is 128 Å². The molecule has 4 heteroatoms. The second kappa shape index (κ2) is 11.3. The lowest BCUT2D eigenvalue weighted by Gasteiger charge is -2.17. The van der Waals surface area contributed by atoms with Gasteiger partial charge in [0.25, 0.3) is 0 Å². The Kier molecular flexibility index (Phi) is 6.08. The molecule has 0 saturated carbocycles. The summed E-state index contributed by atoms with van der Waals surface area (Å²) in [6, 6.07) is 67.8. The highest BCUT2D eigenvalue weighted by molar-refractivity contribution is 7.27. The summed E-state index contributed by atoms with van der Waals surface area (Å²) in [5, 5.41) is 18.2. The lowest BCUT2D eigenvalue weighted by Crippen LogP contribution is -1.99. The Bertz CT molecular complexity index is 3830. The molecule has 0 spiro atoms. The second-order valence-corrected chi connectivity index (χ2v) is 17.6. The van der Waals surface area contributed by atoms with Crippen molar-refractivity contribution in [1.82, 2.24) is 9.13 Å². The zero-order chi connectivity index (χ0) is 37.6. The van der Waals surface area contributed by atoms with Crippen LogP contribution >= 0.6 is 22.7 Å². The number of aromatic nitrogens is 2. The molecule has 0 amide bonds. The molecule has 0 saturated heterocycles. The van der Waals surface area contributed by atoms with Crippen LogP contribution in [0.4, 0.5) is 0 Å². The van der Waals surface area contributed by atoms with E-state index in [1.54, 1.807) is 0 Å². The van der Waals surface area contributed by atoms with Crippen LogP contribution in [-0.4, -0.2) is 9.13 Å². The first kappa shape index (κ1) is 31.1. The van der Waals surface area contributed by atoms with Crippen molar-refractivity contribution in [2.24, 2.45) is 0 Å². The summed E-state index contributed by atoms with van der Waals surface area (Å²) in [4.78, 5) is 0. The predicted molar refractivity (Wildman–Crippen MR) is 253 cm³/mol. The third-order valence-electron chi connectivity index (χ3n) is 12.7. The van der Waals surface area contributed by atoms with E-state index < -0.39 is 0 Å². The number of thiophene rings is 2. The number of hydrogen-bond donors (Lipinski definition) is 0. The average molecular weight is 771 g/mol. The molecule has 0 unspecified atom stereocenters. The molecule has 58 heavy (non-hydrogen) atoms. The van der Waals surface area contributed by atoms with Crippen LogP contribution in [0.3, 0.4) is 0 Å². The SMILES string of the molecule is c1ccc2c(c1)sc1c2c2ccccc2c2c3ccccc3n(-c3cccc4c(-n5c6ccccc6c6c7ccccc7c7c8ccccc8sc7c65)cccc34)c12. The lowest BCUT2D eigenvalue weighted by atomic mass is 9.99. The summed E-state index contributed by atoms with van der Waals surface area (Å²) in [5.41, 5.74) is 7.39. The Labute approximate surface area is 339 Å². The monoisotopic (exact) mass is 770 g/mol. The molecule has 0 radical (unpaired) electrons. The van der Waals surface area contributed by atoms with E-state index in [1.807, 2.05) is 22.7 Å². The Morgan fingerprint density at radius 3 is 1.02 bits per heavy atom. The number of fused-ring (bicyclic) bond motifs is 21. The number of nitrogens with zero attached hydrogens (tertiary/aromatic N) is 2. The van der Waals surface area contributed by atoms with E-state index in [-0.39, 0.29) is 0 Å². The molecule has 4 aromatic heterocycles. The zero-order valence-corrected chi connectivity index (χ0v) is 32.7. The van der Waals surface area contributed by atoms with Crippen LogP contribution in [0.5, 0.6) is 0 Å². The second-order valence-electron chi connectivity index (χ2n) is 15.5. The van der Waals surface area contributed by atoms with E-state index in [2.05, 4.69) is 191 Å². The molecule has 10 aromatic carbocycles. The maximum atomic E-state index is 2.57. The van der Waals surface area contributed by atoms with Gasteiger partial charge in [-0.3, -0.25) is 0 Å². The van der Waals surface area contributed by atoms with Crippen molar-refractivity contribution in [3.05, 3.63) is 182 Å². The van der Waals surface area contributed by atoms with Crippen LogP contribution in [0, 0.1) is 0 Å². The van der Waals surface area contributed by atoms with Gasteiger partial charge in [-0.15, -0.1) is 22.7 Å². The molecular weight excluding hydrogens is 741 g/mol. The number of para-hydroxylation sites is 2. The number of rotatable bonds is 2. The van der Waals surface area contributed by atoms with Gasteiger partial charge in [-0.1, -0.05) is 146 Å². The first-order valence-corrected chi connectivity index (χ1v) is 21.5. The highest BCUT2D eigenvalue weighted by Gasteiger charge is 2.25.